The molecule has 0 spiro atoms. The van der Waals surface area contributed by atoms with Gasteiger partial charge < -0.3 is 34.8 Å². The summed E-state index contributed by atoms with van der Waals surface area (Å²) in [5, 5.41) is 12.7. The van der Waals surface area contributed by atoms with Gasteiger partial charge in [-0.15, -0.1) is 0 Å². The normalized spacial score (nSPS) is 16.7. The van der Waals surface area contributed by atoms with Gasteiger partial charge in [-0.25, -0.2) is 0 Å². The number of hydrogen-bond acceptors (Lipinski definition) is 2. The first-order valence-electron chi connectivity index (χ1n) is 7.79. The van der Waals surface area contributed by atoms with Gasteiger partial charge in [0.05, 0.1) is 6.10 Å². The van der Waals surface area contributed by atoms with Crippen LogP contribution in [0.1, 0.15) is 30.1 Å². The third-order valence-electron chi connectivity index (χ3n) is 4.27. The number of allylic oxidation sites excluding steroid dienone is 3. The molecule has 25 heavy (non-hydrogen) atoms. The number of hydrogen-bond donors (Lipinski definition) is 1. The first-order chi connectivity index (χ1) is 10.6. The third kappa shape index (κ3) is 5.20. The molecule has 1 aliphatic rings. The number of halogens is 2. The predicted molar refractivity (Wildman–Crippen MR) is 93.1 cm³/mol. The number of rotatable bonds is 4. The summed E-state index contributed by atoms with van der Waals surface area (Å²) in [6.07, 6.45) is 6.08. The molecule has 0 radical (unpaired) electrons. The van der Waals surface area contributed by atoms with E-state index in [0.717, 1.165) is 17.5 Å². The molecule has 0 fully saturated rings. The number of aliphatic hydroxyl groups is 1. The zero-order chi connectivity index (χ0) is 15.7. The first-order valence-corrected chi connectivity index (χ1v) is 7.79. The number of aliphatic hydroxyl groups excluding tert-OH is 1. The standard InChI is InChI=1S/C20H23NO.2ClH.Ti/c1-14(22)20-18-9-5-4-7-15(18)11-12-19(20)17-10-6-8-16(17)13-21(2)3;;;/h4-12,14,17,22H,13H2,1-3H3;2*1H;/q;;;+2/p-2. The second-order valence-corrected chi connectivity index (χ2v) is 6.31. The quantitative estimate of drug-likeness (QED) is 0.590. The van der Waals surface area contributed by atoms with Crippen LogP contribution in [-0.4, -0.2) is 30.6 Å². The average molecular weight is 412 g/mol. The summed E-state index contributed by atoms with van der Waals surface area (Å²) in [5.74, 6) is 0.261. The third-order valence-corrected chi connectivity index (χ3v) is 4.27. The molecular weight excluding hydrogens is 389 g/mol. The van der Waals surface area contributed by atoms with Gasteiger partial charge in [0, 0.05) is 12.5 Å². The molecule has 0 saturated heterocycles. The van der Waals surface area contributed by atoms with Gasteiger partial charge >= 0.3 is 21.7 Å². The second kappa shape index (κ2) is 10.5. The van der Waals surface area contributed by atoms with Crippen LogP contribution in [0.2, 0.25) is 0 Å². The molecule has 3 rings (SSSR count). The van der Waals surface area contributed by atoms with E-state index in [1.807, 2.05) is 19.1 Å². The molecule has 2 nitrogen and oxygen atoms in total. The van der Waals surface area contributed by atoms with Crippen LogP contribution in [0.5, 0.6) is 0 Å². The van der Waals surface area contributed by atoms with E-state index >= 15 is 0 Å². The van der Waals surface area contributed by atoms with Gasteiger partial charge in [-0.3, -0.25) is 0 Å². The molecule has 0 bridgehead atoms. The number of nitrogens with zero attached hydrogens (tertiary/aromatic N) is 1. The van der Waals surface area contributed by atoms with Crippen molar-refractivity contribution in [1.82, 2.24) is 4.90 Å². The van der Waals surface area contributed by atoms with Crippen molar-refractivity contribution in [3.63, 3.8) is 0 Å². The molecule has 2 unspecified atom stereocenters. The molecule has 1 N–H and O–H groups in total. The molecule has 132 valence electrons. The van der Waals surface area contributed by atoms with Crippen LogP contribution >= 0.6 is 0 Å². The fourth-order valence-corrected chi connectivity index (χ4v) is 3.39. The van der Waals surface area contributed by atoms with Crippen molar-refractivity contribution in [1.29, 1.82) is 0 Å². The molecule has 2 aromatic carbocycles. The van der Waals surface area contributed by atoms with E-state index in [1.165, 1.54) is 16.5 Å². The van der Waals surface area contributed by atoms with Gasteiger partial charge in [0.2, 0.25) is 0 Å². The summed E-state index contributed by atoms with van der Waals surface area (Å²) >= 11 is 0. The predicted octanol–water partition coefficient (Wildman–Crippen LogP) is -1.96. The molecule has 2 atom stereocenters. The van der Waals surface area contributed by atoms with Crippen LogP contribution in [0.4, 0.5) is 0 Å². The molecule has 0 aliphatic heterocycles. The van der Waals surface area contributed by atoms with E-state index in [-0.39, 0.29) is 52.4 Å². The Morgan fingerprint density at radius 3 is 2.40 bits per heavy atom. The Hall–Kier alpha value is -0.606. The Morgan fingerprint density at radius 1 is 1.08 bits per heavy atom. The summed E-state index contributed by atoms with van der Waals surface area (Å²) in [7, 11) is 4.18. The summed E-state index contributed by atoms with van der Waals surface area (Å²) in [6.45, 7) is 2.79. The van der Waals surface area contributed by atoms with Gasteiger partial charge in [-0.2, -0.15) is 0 Å². The van der Waals surface area contributed by atoms with E-state index in [4.69, 9.17) is 0 Å². The van der Waals surface area contributed by atoms with Crippen LogP contribution in [0.25, 0.3) is 10.8 Å². The van der Waals surface area contributed by atoms with Crippen molar-refractivity contribution in [3.8, 4) is 0 Å². The van der Waals surface area contributed by atoms with Crippen molar-refractivity contribution in [2.24, 2.45) is 0 Å². The van der Waals surface area contributed by atoms with Crippen molar-refractivity contribution >= 4 is 10.8 Å². The maximum absolute atomic E-state index is 10.4. The fraction of sp³-hybridized carbons (Fsp3) is 0.300. The van der Waals surface area contributed by atoms with Crippen LogP contribution in [0.15, 0.2) is 60.2 Å². The van der Waals surface area contributed by atoms with Gasteiger partial charge in [-0.05, 0) is 48.5 Å². The molecule has 2 aromatic rings. The Bertz CT molecular complexity index is 756. The van der Waals surface area contributed by atoms with E-state index in [9.17, 15) is 5.11 Å². The summed E-state index contributed by atoms with van der Waals surface area (Å²) < 4.78 is 0. The molecule has 0 saturated carbocycles. The minimum atomic E-state index is -0.476. The number of fused-ring (bicyclic) bond motifs is 1. The largest absolute Gasteiger partial charge is 2.00 e. The van der Waals surface area contributed by atoms with E-state index in [1.54, 1.807) is 0 Å². The zero-order valence-corrected chi connectivity index (χ0v) is 17.8. The van der Waals surface area contributed by atoms with Crippen molar-refractivity contribution in [2.75, 3.05) is 20.6 Å². The molecular formula is C20H23Cl2NOTi. The van der Waals surface area contributed by atoms with Gasteiger partial charge in [0.25, 0.3) is 0 Å². The van der Waals surface area contributed by atoms with Gasteiger partial charge in [0.1, 0.15) is 0 Å². The first kappa shape index (κ1) is 24.4. The monoisotopic (exact) mass is 411 g/mol. The molecule has 0 amide bonds. The van der Waals surface area contributed by atoms with Crippen molar-refractivity contribution in [2.45, 2.75) is 18.9 Å². The van der Waals surface area contributed by atoms with Crippen LogP contribution in [0.3, 0.4) is 0 Å². The zero-order valence-electron chi connectivity index (χ0n) is 14.7. The Kier molecular flexibility index (Phi) is 10.3. The topological polar surface area (TPSA) is 23.5 Å². The number of likely N-dealkylation sites (N-methyl/N-ethyl adjacent to an activating group) is 1. The second-order valence-electron chi connectivity index (χ2n) is 6.31. The average Bonchev–Trinajstić information content (AvgIpc) is 2.93. The van der Waals surface area contributed by atoms with Crippen LogP contribution < -0.4 is 24.8 Å². The molecule has 5 heteroatoms. The van der Waals surface area contributed by atoms with E-state index < -0.39 is 6.10 Å². The van der Waals surface area contributed by atoms with Gasteiger partial charge in [-0.1, -0.05) is 54.6 Å². The van der Waals surface area contributed by atoms with Crippen molar-refractivity contribution < 1.29 is 51.6 Å². The van der Waals surface area contributed by atoms with Crippen LogP contribution in [-0.2, 0) is 21.7 Å². The Balaban J connectivity index is 0.00000192. The fourth-order valence-electron chi connectivity index (χ4n) is 3.39. The molecule has 1 aliphatic carbocycles. The minimum absolute atomic E-state index is 0. The van der Waals surface area contributed by atoms with E-state index in [0.29, 0.717) is 0 Å². The van der Waals surface area contributed by atoms with Gasteiger partial charge in [0.15, 0.2) is 0 Å². The smallest absolute Gasteiger partial charge is 1.00 e. The van der Waals surface area contributed by atoms with E-state index in [2.05, 4.69) is 61.5 Å². The minimum Gasteiger partial charge on any atom is -1.00 e. The summed E-state index contributed by atoms with van der Waals surface area (Å²) in [4.78, 5) is 2.19. The molecule has 0 aromatic heterocycles. The number of benzene rings is 2. The maximum Gasteiger partial charge on any atom is 2.00 e. The molecule has 0 heterocycles. The summed E-state index contributed by atoms with van der Waals surface area (Å²) in [6, 6.07) is 12.6. The Morgan fingerprint density at radius 2 is 1.76 bits per heavy atom. The SMILES string of the molecule is CC(O)c1c(C2C=CC=C2CN(C)C)ccc2ccccc12.[Cl-].[Cl-].[Ti+2]. The van der Waals surface area contributed by atoms with Crippen molar-refractivity contribution in [3.05, 3.63) is 71.3 Å². The van der Waals surface area contributed by atoms with Crippen LogP contribution in [0, 0.1) is 0 Å². The Labute approximate surface area is 177 Å². The summed E-state index contributed by atoms with van der Waals surface area (Å²) in [5.41, 5.74) is 3.65. The maximum atomic E-state index is 10.4.